The molecule has 3 aromatic rings. The van der Waals surface area contributed by atoms with E-state index in [0.717, 1.165) is 86.1 Å². The van der Waals surface area contributed by atoms with Gasteiger partial charge in [0.1, 0.15) is 23.3 Å². The Labute approximate surface area is 418 Å². The normalized spacial score (nSPS) is 27.6. The number of anilines is 3. The molecule has 6 fully saturated rings. The van der Waals surface area contributed by atoms with E-state index in [9.17, 15) is 9.00 Å². The molecule has 10 N–H and O–H groups in total. The number of benzene rings is 1. The molecular formula is C51H80ClN11O3S2. The molecule has 6 aliphatic rings. The van der Waals surface area contributed by atoms with Crippen molar-refractivity contribution in [2.24, 2.45) is 45.5 Å². The second kappa shape index (κ2) is 22.4. The number of halogens is 1. The second-order valence-electron chi connectivity index (χ2n) is 22.3. The summed E-state index contributed by atoms with van der Waals surface area (Å²) in [5.41, 5.74) is 26.6. The molecule has 1 amide bonds. The van der Waals surface area contributed by atoms with Gasteiger partial charge in [0.25, 0.3) is 0 Å². The molecule has 0 radical (unpaired) electrons. The topological polar surface area (TPSA) is 217 Å². The summed E-state index contributed by atoms with van der Waals surface area (Å²) in [7, 11) is -1.07. The van der Waals surface area contributed by atoms with Crippen molar-refractivity contribution in [3.63, 3.8) is 0 Å². The summed E-state index contributed by atoms with van der Waals surface area (Å²) in [6.45, 7) is 18.9. The van der Waals surface area contributed by atoms with E-state index in [1.165, 1.54) is 57.0 Å². The number of hydrogen-bond acceptors (Lipinski definition) is 13. The van der Waals surface area contributed by atoms with Crippen LogP contribution in [0.4, 0.5) is 22.2 Å². The average Bonchev–Trinajstić information content (AvgIpc) is 3.87. The Kier molecular flexibility index (Phi) is 17.4. The molecule has 3 saturated carbocycles. The molecule has 3 aliphatic heterocycles. The first-order valence-electron chi connectivity index (χ1n) is 25.1. The Hall–Kier alpha value is -3.25. The number of nitrogens with one attached hydrogen (secondary N) is 2. The highest BCUT2D eigenvalue weighted by atomic mass is 35.5. The third-order valence-electron chi connectivity index (χ3n) is 16.1. The lowest BCUT2D eigenvalue weighted by atomic mass is 9.74. The zero-order valence-corrected chi connectivity index (χ0v) is 43.9. The van der Waals surface area contributed by atoms with E-state index in [-0.39, 0.29) is 28.1 Å². The van der Waals surface area contributed by atoms with Gasteiger partial charge < -0.3 is 42.8 Å². The number of ether oxygens (including phenoxy) is 1. The number of hydrogen-bond donors (Lipinski definition) is 6. The van der Waals surface area contributed by atoms with Gasteiger partial charge in [-0.2, -0.15) is 0 Å². The van der Waals surface area contributed by atoms with Gasteiger partial charge in [0.2, 0.25) is 0 Å². The zero-order valence-electron chi connectivity index (χ0n) is 41.5. The summed E-state index contributed by atoms with van der Waals surface area (Å²) >= 11 is 7.55. The van der Waals surface area contributed by atoms with Gasteiger partial charge in [-0.15, -0.1) is 0 Å². The monoisotopic (exact) mass is 994 g/mol. The number of nitrogen functional groups attached to an aromatic ring is 2. The summed E-state index contributed by atoms with van der Waals surface area (Å²) in [5, 5.41) is 4.43. The lowest BCUT2D eigenvalue weighted by Crippen LogP contribution is -2.52. The van der Waals surface area contributed by atoms with Crippen molar-refractivity contribution in [1.82, 2.24) is 29.9 Å². The quantitative estimate of drug-likeness (QED) is 0.131. The third kappa shape index (κ3) is 12.6. The van der Waals surface area contributed by atoms with Gasteiger partial charge in [0.15, 0.2) is 5.82 Å². The number of carbonyl (C=O) groups excluding carboxylic acids is 1. The van der Waals surface area contributed by atoms with E-state index in [2.05, 4.69) is 50.7 Å². The van der Waals surface area contributed by atoms with Crippen LogP contribution in [0.25, 0.3) is 0 Å². The van der Waals surface area contributed by atoms with Crippen LogP contribution in [0.15, 0.2) is 58.7 Å². The van der Waals surface area contributed by atoms with Gasteiger partial charge in [-0.3, -0.25) is 0 Å². The molecular weight excluding hydrogens is 914 g/mol. The number of rotatable bonds is 7. The van der Waals surface area contributed by atoms with Gasteiger partial charge in [-0.25, -0.2) is 28.7 Å². The standard InChI is InChI=1S/C22H34N2O3S.C19H26ClN7S.C10H20N2/c1-17-14-19(23-28(26)21(2,3)4)22(15-17)10-12-24(13-11-22)20(25)27-16-18-8-6-5-7-9-18;1-11-8-13(21)19(9-11)3-6-27(7-4-19)14-10-25-18(17(23)26-14)28-12-2-5-24-16(22)15(12)20;1-8-6-9(11)10(7-8)2-4-12-5-3-10/h5-9,17,19,23H,10-16H2,1-4H3;2,5,10-11,13H,3-4,6-9,21H2,1H3,(H2,22,24)(H2,23,26);8-9,12H,2-7,11H2,1H3/t17-,19+,28+;11-,13+;8-,9+/m000/s1. The van der Waals surface area contributed by atoms with Crippen LogP contribution < -0.4 is 37.9 Å². The maximum absolute atomic E-state index is 12.7. The highest BCUT2D eigenvalue weighted by Crippen LogP contribution is 2.51. The van der Waals surface area contributed by atoms with Gasteiger partial charge in [0.05, 0.1) is 27.0 Å². The fraction of sp³-hybridized carbons (Fsp3) is 0.686. The van der Waals surface area contributed by atoms with Crippen LogP contribution in [-0.4, -0.2) is 92.3 Å². The molecule has 68 heavy (non-hydrogen) atoms. The third-order valence-corrected chi connectivity index (χ3v) is 19.3. The molecule has 5 heterocycles. The van der Waals surface area contributed by atoms with Crippen molar-refractivity contribution in [1.29, 1.82) is 0 Å². The predicted molar refractivity (Wildman–Crippen MR) is 278 cm³/mol. The number of nitrogens with two attached hydrogens (primary N) is 4. The van der Waals surface area contributed by atoms with Crippen molar-refractivity contribution in [3.05, 3.63) is 59.4 Å². The van der Waals surface area contributed by atoms with Crippen LogP contribution >= 0.6 is 23.4 Å². The van der Waals surface area contributed by atoms with E-state index in [0.29, 0.717) is 64.4 Å². The van der Waals surface area contributed by atoms with E-state index < -0.39 is 11.0 Å². The van der Waals surface area contributed by atoms with Gasteiger partial charge in [-0.05, 0) is 157 Å². The fourth-order valence-corrected chi connectivity index (χ4v) is 14.2. The predicted octanol–water partition coefficient (Wildman–Crippen LogP) is 8.55. The van der Waals surface area contributed by atoms with E-state index in [1.807, 2.05) is 56.0 Å². The molecule has 3 saturated heterocycles. The van der Waals surface area contributed by atoms with Crippen molar-refractivity contribution in [2.45, 2.75) is 158 Å². The SMILES string of the molecule is C[C@H]1C[C@@H](N)C2(CCN(c3cnc(Sc4ccnc(N)c4Cl)c(N)n3)CC2)C1.C[C@H]1C[C@@H](N)C2(CCNCC2)C1.C[C@H]1C[C@@H](N[S@](=O)C(C)(C)C)C2(CCN(C(=O)OCc3ccccc3)CC2)C1. The number of pyridine rings is 1. The second-order valence-corrected chi connectivity index (χ2v) is 25.7. The van der Waals surface area contributed by atoms with E-state index >= 15 is 0 Å². The summed E-state index contributed by atoms with van der Waals surface area (Å²) < 4.78 is 21.3. The highest BCUT2D eigenvalue weighted by molar-refractivity contribution is 7.99. The molecule has 3 aliphatic carbocycles. The van der Waals surface area contributed by atoms with Crippen molar-refractivity contribution in [3.8, 4) is 0 Å². The Morgan fingerprint density at radius 1 is 0.838 bits per heavy atom. The van der Waals surface area contributed by atoms with Crippen LogP contribution in [0.2, 0.25) is 5.02 Å². The van der Waals surface area contributed by atoms with Gasteiger partial charge in [-0.1, -0.05) is 74.5 Å². The number of likely N-dealkylation sites (tertiary alicyclic amines) is 1. The highest BCUT2D eigenvalue weighted by Gasteiger charge is 2.50. The molecule has 9 rings (SSSR count). The van der Waals surface area contributed by atoms with Crippen LogP contribution in [0.5, 0.6) is 0 Å². The number of nitrogens with zero attached hydrogens (tertiary/aromatic N) is 5. The number of carbonyl (C=O) groups is 1. The average molecular weight is 995 g/mol. The van der Waals surface area contributed by atoms with Gasteiger partial charge in [0, 0.05) is 55.4 Å². The first-order chi connectivity index (χ1) is 32.3. The number of piperidine rings is 3. The van der Waals surface area contributed by atoms with Crippen LogP contribution in [0.1, 0.15) is 124 Å². The lowest BCUT2D eigenvalue weighted by molar-refractivity contribution is 0.0553. The first kappa shape index (κ1) is 52.6. The van der Waals surface area contributed by atoms with E-state index in [1.54, 1.807) is 18.5 Å². The van der Waals surface area contributed by atoms with Crippen molar-refractivity contribution in [2.75, 3.05) is 55.6 Å². The van der Waals surface area contributed by atoms with Gasteiger partial charge >= 0.3 is 6.09 Å². The maximum atomic E-state index is 12.7. The molecule has 0 unspecified atom stereocenters. The van der Waals surface area contributed by atoms with Crippen molar-refractivity contribution >= 4 is 57.9 Å². The Morgan fingerprint density at radius 3 is 1.99 bits per heavy atom. The minimum Gasteiger partial charge on any atom is -0.445 e. The molecule has 17 heteroatoms. The molecule has 7 atom stereocenters. The minimum atomic E-state index is -1.07. The van der Waals surface area contributed by atoms with E-state index in [4.69, 9.17) is 39.3 Å². The molecule has 376 valence electrons. The number of amides is 1. The summed E-state index contributed by atoms with van der Waals surface area (Å²) in [6.07, 6.45) is 17.0. The van der Waals surface area contributed by atoms with Crippen LogP contribution in [-0.2, 0) is 22.3 Å². The molecule has 3 spiro atoms. The molecule has 1 aromatic carbocycles. The first-order valence-corrected chi connectivity index (χ1v) is 27.5. The summed E-state index contributed by atoms with van der Waals surface area (Å²) in [4.78, 5) is 30.4. The Bertz CT molecular complexity index is 2160. The Balaban J connectivity index is 0.000000163. The lowest BCUT2D eigenvalue weighted by Gasteiger charge is -2.43. The zero-order chi connectivity index (χ0) is 48.9. The molecule has 2 aromatic heterocycles. The minimum absolute atomic E-state index is 0.135. The summed E-state index contributed by atoms with van der Waals surface area (Å²) in [6, 6.07) is 12.6. The Morgan fingerprint density at radius 2 is 1.41 bits per heavy atom. The maximum Gasteiger partial charge on any atom is 0.410 e. The van der Waals surface area contributed by atoms with Crippen LogP contribution in [0.3, 0.4) is 0 Å². The smallest absolute Gasteiger partial charge is 0.410 e. The summed E-state index contributed by atoms with van der Waals surface area (Å²) in [5.74, 6) is 3.69. The van der Waals surface area contributed by atoms with Crippen molar-refractivity contribution < 1.29 is 13.7 Å². The molecule has 0 bridgehead atoms. The molecule has 14 nitrogen and oxygen atoms in total. The fourth-order valence-electron chi connectivity index (χ4n) is 12.3. The largest absolute Gasteiger partial charge is 0.445 e. The number of aromatic nitrogens is 3. The van der Waals surface area contributed by atoms with Crippen LogP contribution in [0, 0.1) is 34.0 Å².